The van der Waals surface area contributed by atoms with Crippen molar-refractivity contribution in [3.05, 3.63) is 0 Å². The van der Waals surface area contributed by atoms with Crippen molar-refractivity contribution < 1.29 is 14.3 Å². The molecule has 5 nitrogen and oxygen atoms in total. The van der Waals surface area contributed by atoms with Gasteiger partial charge in [0.05, 0.1) is 4.99 Å². The Hall–Kier alpha value is -1.01. The van der Waals surface area contributed by atoms with Crippen molar-refractivity contribution >= 4 is 29.0 Å². The quantitative estimate of drug-likeness (QED) is 0.549. The van der Waals surface area contributed by atoms with Gasteiger partial charge in [0.25, 0.3) is 11.8 Å². The van der Waals surface area contributed by atoms with Crippen LogP contribution in [-0.4, -0.2) is 40.5 Å². The number of imide groups is 1. The van der Waals surface area contributed by atoms with Crippen LogP contribution in [-0.2, 0) is 14.3 Å². The third kappa shape index (κ3) is 1.82. The lowest BCUT2D eigenvalue weighted by molar-refractivity contribution is -0.168. The molecule has 3 unspecified atom stereocenters. The molecule has 0 aromatic heterocycles. The van der Waals surface area contributed by atoms with Crippen molar-refractivity contribution in [3.63, 3.8) is 0 Å². The number of nitrogens with zero attached hydrogens (tertiary/aromatic N) is 1. The van der Waals surface area contributed by atoms with Gasteiger partial charge in [-0.2, -0.15) is 0 Å². The molecule has 2 bridgehead atoms. The molecule has 2 N–H and O–H groups in total. The van der Waals surface area contributed by atoms with Crippen molar-refractivity contribution in [1.82, 2.24) is 4.90 Å². The normalized spacial score (nSPS) is 30.7. The van der Waals surface area contributed by atoms with Crippen LogP contribution in [0.3, 0.4) is 0 Å². The summed E-state index contributed by atoms with van der Waals surface area (Å²) in [5.41, 5.74) is 5.48. The Kier molecular flexibility index (Phi) is 2.94. The molecule has 0 spiro atoms. The van der Waals surface area contributed by atoms with Crippen LogP contribution in [0.15, 0.2) is 0 Å². The fourth-order valence-electron chi connectivity index (χ4n) is 2.00. The van der Waals surface area contributed by atoms with Gasteiger partial charge >= 0.3 is 0 Å². The smallest absolute Gasteiger partial charge is 0.258 e. The molecule has 16 heavy (non-hydrogen) atoms. The number of hydrogen-bond donors (Lipinski definition) is 1. The van der Waals surface area contributed by atoms with Gasteiger partial charge in [-0.1, -0.05) is 19.1 Å². The molecular weight excluding hydrogens is 228 g/mol. The van der Waals surface area contributed by atoms with Crippen LogP contribution in [0.25, 0.3) is 0 Å². The molecule has 0 radical (unpaired) electrons. The average molecular weight is 242 g/mol. The van der Waals surface area contributed by atoms with Crippen LogP contribution in [0.2, 0.25) is 0 Å². The van der Waals surface area contributed by atoms with Crippen LogP contribution < -0.4 is 5.73 Å². The minimum absolute atomic E-state index is 0.152. The Bertz CT molecular complexity index is 336. The van der Waals surface area contributed by atoms with E-state index in [1.807, 2.05) is 0 Å². The topological polar surface area (TPSA) is 72.6 Å². The Morgan fingerprint density at radius 3 is 2.44 bits per heavy atom. The number of fused-ring (bicyclic) bond motifs is 2. The summed E-state index contributed by atoms with van der Waals surface area (Å²) in [7, 11) is 0. The number of carbonyl (C=O) groups excluding carboxylic acids is 2. The first-order valence-corrected chi connectivity index (χ1v) is 5.71. The lowest BCUT2D eigenvalue weighted by Crippen LogP contribution is -2.53. The monoisotopic (exact) mass is 242 g/mol. The lowest BCUT2D eigenvalue weighted by atomic mass is 10.1. The second-order valence-corrected chi connectivity index (χ2v) is 4.75. The largest absolute Gasteiger partial charge is 0.393 e. The molecule has 6 heteroatoms. The zero-order valence-electron chi connectivity index (χ0n) is 9.01. The first-order chi connectivity index (χ1) is 7.50. The summed E-state index contributed by atoms with van der Waals surface area (Å²) in [5, 5.41) is 0. The molecule has 0 saturated carbocycles. The van der Waals surface area contributed by atoms with E-state index in [1.165, 1.54) is 4.90 Å². The number of likely N-dealkylation sites (tertiary alicyclic amines) is 1. The van der Waals surface area contributed by atoms with E-state index >= 15 is 0 Å². The van der Waals surface area contributed by atoms with E-state index in [0.29, 0.717) is 17.8 Å². The Morgan fingerprint density at radius 2 is 2.00 bits per heavy atom. The van der Waals surface area contributed by atoms with E-state index in [2.05, 4.69) is 0 Å². The summed E-state index contributed by atoms with van der Waals surface area (Å²) in [6, 6.07) is 0. The van der Waals surface area contributed by atoms with E-state index < -0.39 is 12.2 Å². The molecular formula is C10H14N2O3S. The molecule has 2 fully saturated rings. The molecule has 88 valence electrons. The molecule has 2 amide bonds. The second-order valence-electron chi connectivity index (χ2n) is 4.28. The molecule has 2 aliphatic heterocycles. The lowest BCUT2D eigenvalue weighted by Gasteiger charge is -2.31. The molecule has 0 aromatic carbocycles. The zero-order valence-corrected chi connectivity index (χ0v) is 9.83. The number of nitrogens with two attached hydrogens (primary N) is 1. The number of thiocarbonyl (C=S) groups is 1. The zero-order chi connectivity index (χ0) is 11.9. The van der Waals surface area contributed by atoms with Crippen molar-refractivity contribution in [2.75, 3.05) is 6.54 Å². The Morgan fingerprint density at radius 1 is 1.50 bits per heavy atom. The fraction of sp³-hybridized carbons (Fsp3) is 0.700. The van der Waals surface area contributed by atoms with Crippen LogP contribution in [0.4, 0.5) is 0 Å². The summed E-state index contributed by atoms with van der Waals surface area (Å²) in [6.07, 6.45) is 0.378. The minimum Gasteiger partial charge on any atom is -0.393 e. The van der Waals surface area contributed by atoms with Crippen molar-refractivity contribution in [3.8, 4) is 0 Å². The van der Waals surface area contributed by atoms with Gasteiger partial charge in [0.1, 0.15) is 12.2 Å². The predicted octanol–water partition coefficient (Wildman–Crippen LogP) is -0.175. The van der Waals surface area contributed by atoms with E-state index in [4.69, 9.17) is 22.7 Å². The number of ether oxygens (including phenoxy) is 1. The summed E-state index contributed by atoms with van der Waals surface area (Å²) in [5.74, 6) is -0.649. The maximum Gasteiger partial charge on any atom is 0.258 e. The summed E-state index contributed by atoms with van der Waals surface area (Å²) < 4.78 is 5.29. The van der Waals surface area contributed by atoms with Gasteiger partial charge in [0.2, 0.25) is 0 Å². The highest BCUT2D eigenvalue weighted by Crippen LogP contribution is 2.28. The maximum atomic E-state index is 11.8. The van der Waals surface area contributed by atoms with Crippen LogP contribution in [0.1, 0.15) is 19.8 Å². The highest BCUT2D eigenvalue weighted by Gasteiger charge is 2.46. The first-order valence-electron chi connectivity index (χ1n) is 5.30. The van der Waals surface area contributed by atoms with E-state index in [-0.39, 0.29) is 24.3 Å². The predicted molar refractivity (Wildman–Crippen MR) is 60.6 cm³/mol. The SMILES string of the molecule is CC(CN1C(=O)C2CCC(O2)C1=O)C(N)=S. The van der Waals surface area contributed by atoms with Crippen molar-refractivity contribution in [2.24, 2.45) is 11.7 Å². The summed E-state index contributed by atoms with van der Waals surface area (Å²) >= 11 is 4.84. The van der Waals surface area contributed by atoms with Crippen molar-refractivity contribution in [1.29, 1.82) is 0 Å². The standard InChI is InChI=1S/C10H14N2O3S/c1-5(8(11)16)4-12-9(13)6-2-3-7(15-6)10(12)14/h5-7H,2-4H2,1H3,(H2,11,16). The van der Waals surface area contributed by atoms with Gasteiger partial charge in [-0.25, -0.2) is 0 Å². The van der Waals surface area contributed by atoms with Crippen LogP contribution >= 0.6 is 12.2 Å². The van der Waals surface area contributed by atoms with Gasteiger partial charge in [0, 0.05) is 12.5 Å². The molecule has 2 aliphatic rings. The molecule has 2 heterocycles. The fourth-order valence-corrected chi connectivity index (χ4v) is 2.08. The maximum absolute atomic E-state index is 11.8. The van der Waals surface area contributed by atoms with Gasteiger partial charge in [-0.05, 0) is 12.8 Å². The van der Waals surface area contributed by atoms with Crippen molar-refractivity contribution in [2.45, 2.75) is 32.0 Å². The summed E-state index contributed by atoms with van der Waals surface area (Å²) in [6.45, 7) is 2.07. The van der Waals surface area contributed by atoms with Gasteiger partial charge in [-0.3, -0.25) is 14.5 Å². The average Bonchev–Trinajstić information content (AvgIpc) is 2.68. The van der Waals surface area contributed by atoms with E-state index in [0.717, 1.165) is 0 Å². The van der Waals surface area contributed by atoms with Gasteiger partial charge in [0.15, 0.2) is 0 Å². The third-order valence-corrected chi connectivity index (χ3v) is 3.45. The Balaban J connectivity index is 2.11. The van der Waals surface area contributed by atoms with E-state index in [9.17, 15) is 9.59 Å². The highest BCUT2D eigenvalue weighted by atomic mass is 32.1. The number of morpholine rings is 1. The minimum atomic E-state index is -0.443. The molecule has 0 aromatic rings. The number of rotatable bonds is 3. The number of amides is 2. The van der Waals surface area contributed by atoms with Crippen LogP contribution in [0.5, 0.6) is 0 Å². The molecule has 3 atom stereocenters. The van der Waals surface area contributed by atoms with E-state index in [1.54, 1.807) is 6.92 Å². The van der Waals surface area contributed by atoms with Gasteiger partial charge in [-0.15, -0.1) is 0 Å². The molecule has 2 rings (SSSR count). The molecule has 2 saturated heterocycles. The number of hydrogen-bond acceptors (Lipinski definition) is 4. The summed E-state index contributed by atoms with van der Waals surface area (Å²) in [4.78, 5) is 25.3. The number of carbonyl (C=O) groups is 2. The molecule has 0 aliphatic carbocycles. The second kappa shape index (κ2) is 4.10. The Labute approximate surface area is 98.9 Å². The highest BCUT2D eigenvalue weighted by molar-refractivity contribution is 7.80. The van der Waals surface area contributed by atoms with Gasteiger partial charge < -0.3 is 10.5 Å². The first kappa shape index (κ1) is 11.5. The van der Waals surface area contributed by atoms with Crippen LogP contribution in [0, 0.1) is 5.92 Å². The third-order valence-electron chi connectivity index (χ3n) is 3.04.